The second-order valence-corrected chi connectivity index (χ2v) is 4.59. The maximum atomic E-state index is 4.41. The molecular weight excluding hydrogens is 182 g/mol. The average molecular weight is 199 g/mol. The summed E-state index contributed by atoms with van der Waals surface area (Å²) in [5.41, 5.74) is 3.81. The lowest BCUT2D eigenvalue weighted by molar-refractivity contribution is 0.650. The fourth-order valence-corrected chi connectivity index (χ4v) is 1.94. The van der Waals surface area contributed by atoms with Crippen LogP contribution in [0.2, 0.25) is 0 Å². The number of benzene rings is 1. The first-order valence-corrected chi connectivity index (χ1v) is 5.51. The highest BCUT2D eigenvalue weighted by Crippen LogP contribution is 2.20. The molecule has 0 saturated heterocycles. The molecule has 0 aliphatic carbocycles. The van der Waals surface area contributed by atoms with Gasteiger partial charge in [0.2, 0.25) is 0 Å². The van der Waals surface area contributed by atoms with Crippen LogP contribution in [0.5, 0.6) is 0 Å². The molecule has 1 heterocycles. The molecule has 0 fully saturated rings. The van der Waals surface area contributed by atoms with Crippen molar-refractivity contribution in [1.82, 2.24) is 4.98 Å². The Hall–Kier alpha value is -1.37. The summed E-state index contributed by atoms with van der Waals surface area (Å²) >= 11 is 0. The van der Waals surface area contributed by atoms with Gasteiger partial charge >= 0.3 is 0 Å². The number of aromatic nitrogens is 1. The van der Waals surface area contributed by atoms with Gasteiger partial charge in [0.05, 0.1) is 5.52 Å². The van der Waals surface area contributed by atoms with Gasteiger partial charge in [0.25, 0.3) is 0 Å². The predicted molar refractivity (Wildman–Crippen MR) is 65.0 cm³/mol. The van der Waals surface area contributed by atoms with Crippen LogP contribution in [0.15, 0.2) is 30.5 Å². The molecule has 1 heteroatoms. The van der Waals surface area contributed by atoms with E-state index in [9.17, 15) is 0 Å². The molecule has 0 aliphatic heterocycles. The number of nitrogens with zero attached hydrogens (tertiary/aromatic N) is 1. The number of hydrogen-bond acceptors (Lipinski definition) is 1. The SMILES string of the molecule is Cc1ccc2c(CC(C)C)ccnc2c1. The first-order chi connectivity index (χ1) is 7.16. The normalized spacial score (nSPS) is 11.2. The van der Waals surface area contributed by atoms with Crippen molar-refractivity contribution < 1.29 is 0 Å². The third-order valence-corrected chi connectivity index (χ3v) is 2.62. The van der Waals surface area contributed by atoms with Crippen LogP contribution in [0, 0.1) is 12.8 Å². The number of fused-ring (bicyclic) bond motifs is 1. The zero-order valence-corrected chi connectivity index (χ0v) is 9.62. The Bertz CT molecular complexity index is 472. The zero-order valence-electron chi connectivity index (χ0n) is 9.62. The van der Waals surface area contributed by atoms with E-state index >= 15 is 0 Å². The first kappa shape index (κ1) is 10.2. The van der Waals surface area contributed by atoms with Gasteiger partial charge in [0, 0.05) is 11.6 Å². The molecule has 0 unspecified atom stereocenters. The lowest BCUT2D eigenvalue weighted by Gasteiger charge is -2.08. The van der Waals surface area contributed by atoms with Gasteiger partial charge in [-0.2, -0.15) is 0 Å². The van der Waals surface area contributed by atoms with E-state index in [4.69, 9.17) is 0 Å². The van der Waals surface area contributed by atoms with E-state index in [0.29, 0.717) is 5.92 Å². The summed E-state index contributed by atoms with van der Waals surface area (Å²) in [7, 11) is 0. The standard InChI is InChI=1S/C14H17N/c1-10(2)8-12-6-7-15-14-9-11(3)4-5-13(12)14/h4-7,9-10H,8H2,1-3H3. The molecule has 0 spiro atoms. The van der Waals surface area contributed by atoms with Crippen molar-refractivity contribution in [2.75, 3.05) is 0 Å². The van der Waals surface area contributed by atoms with E-state index in [-0.39, 0.29) is 0 Å². The van der Waals surface area contributed by atoms with E-state index in [1.165, 1.54) is 16.5 Å². The maximum absolute atomic E-state index is 4.41. The molecule has 1 aromatic carbocycles. The van der Waals surface area contributed by atoms with Gasteiger partial charge in [-0.3, -0.25) is 4.98 Å². The highest BCUT2D eigenvalue weighted by atomic mass is 14.6. The van der Waals surface area contributed by atoms with E-state index < -0.39 is 0 Å². The van der Waals surface area contributed by atoms with Crippen molar-refractivity contribution >= 4 is 10.9 Å². The Morgan fingerprint density at radius 3 is 2.73 bits per heavy atom. The number of pyridine rings is 1. The molecular formula is C14H17N. The molecule has 0 aliphatic rings. The van der Waals surface area contributed by atoms with E-state index in [1.54, 1.807) is 0 Å². The Balaban J connectivity index is 2.56. The number of hydrogen-bond donors (Lipinski definition) is 0. The molecule has 0 atom stereocenters. The van der Waals surface area contributed by atoms with Crippen molar-refractivity contribution in [3.8, 4) is 0 Å². The molecule has 1 nitrogen and oxygen atoms in total. The van der Waals surface area contributed by atoms with Gasteiger partial charge in [-0.05, 0) is 42.5 Å². The molecule has 0 N–H and O–H groups in total. The van der Waals surface area contributed by atoms with Crippen molar-refractivity contribution in [2.45, 2.75) is 27.2 Å². The molecule has 2 aromatic rings. The average Bonchev–Trinajstić information content (AvgIpc) is 2.16. The second kappa shape index (κ2) is 4.01. The van der Waals surface area contributed by atoms with E-state index in [1.807, 2.05) is 6.20 Å². The summed E-state index contributed by atoms with van der Waals surface area (Å²) < 4.78 is 0. The van der Waals surface area contributed by atoms with Crippen LogP contribution in [-0.4, -0.2) is 4.98 Å². The Morgan fingerprint density at radius 1 is 1.20 bits per heavy atom. The summed E-state index contributed by atoms with van der Waals surface area (Å²) in [5.74, 6) is 0.692. The van der Waals surface area contributed by atoms with Crippen molar-refractivity contribution in [3.63, 3.8) is 0 Å². The molecule has 0 radical (unpaired) electrons. The summed E-state index contributed by atoms with van der Waals surface area (Å²) in [6.45, 7) is 6.61. The van der Waals surface area contributed by atoms with Gasteiger partial charge in [-0.15, -0.1) is 0 Å². The van der Waals surface area contributed by atoms with Crippen LogP contribution in [0.3, 0.4) is 0 Å². The fraction of sp³-hybridized carbons (Fsp3) is 0.357. The largest absolute Gasteiger partial charge is 0.256 e. The van der Waals surface area contributed by atoms with Crippen molar-refractivity contribution in [3.05, 3.63) is 41.6 Å². The molecule has 78 valence electrons. The topological polar surface area (TPSA) is 12.9 Å². The zero-order chi connectivity index (χ0) is 10.8. The Morgan fingerprint density at radius 2 is 2.00 bits per heavy atom. The monoisotopic (exact) mass is 199 g/mol. The van der Waals surface area contributed by atoms with Gasteiger partial charge in [0.1, 0.15) is 0 Å². The molecule has 15 heavy (non-hydrogen) atoms. The third kappa shape index (κ3) is 2.17. The van der Waals surface area contributed by atoms with Gasteiger partial charge in [-0.25, -0.2) is 0 Å². The lowest BCUT2D eigenvalue weighted by atomic mass is 9.99. The maximum Gasteiger partial charge on any atom is 0.0707 e. The van der Waals surface area contributed by atoms with Crippen LogP contribution in [0.4, 0.5) is 0 Å². The minimum absolute atomic E-state index is 0.692. The summed E-state index contributed by atoms with van der Waals surface area (Å²) in [6, 6.07) is 8.64. The Labute approximate surface area is 91.2 Å². The number of rotatable bonds is 2. The minimum atomic E-state index is 0.692. The van der Waals surface area contributed by atoms with Gasteiger partial charge in [-0.1, -0.05) is 26.0 Å². The molecule has 1 aromatic heterocycles. The smallest absolute Gasteiger partial charge is 0.0707 e. The van der Waals surface area contributed by atoms with Crippen LogP contribution in [-0.2, 0) is 6.42 Å². The first-order valence-electron chi connectivity index (χ1n) is 5.51. The quantitative estimate of drug-likeness (QED) is 0.718. The predicted octanol–water partition coefficient (Wildman–Crippen LogP) is 3.74. The third-order valence-electron chi connectivity index (χ3n) is 2.62. The van der Waals surface area contributed by atoms with E-state index in [0.717, 1.165) is 11.9 Å². The molecule has 0 amide bonds. The molecule has 0 bridgehead atoms. The highest BCUT2D eigenvalue weighted by Gasteiger charge is 2.03. The van der Waals surface area contributed by atoms with Crippen LogP contribution in [0.25, 0.3) is 10.9 Å². The Kier molecular flexibility index (Phi) is 2.72. The van der Waals surface area contributed by atoms with Crippen LogP contribution < -0.4 is 0 Å². The summed E-state index contributed by atoms with van der Waals surface area (Å²) in [6.07, 6.45) is 3.04. The van der Waals surface area contributed by atoms with Crippen molar-refractivity contribution in [1.29, 1.82) is 0 Å². The van der Waals surface area contributed by atoms with Crippen LogP contribution in [0.1, 0.15) is 25.0 Å². The molecule has 0 saturated carbocycles. The van der Waals surface area contributed by atoms with Gasteiger partial charge in [0.15, 0.2) is 0 Å². The molecule has 2 rings (SSSR count). The fourth-order valence-electron chi connectivity index (χ4n) is 1.94. The van der Waals surface area contributed by atoms with Crippen LogP contribution >= 0.6 is 0 Å². The summed E-state index contributed by atoms with van der Waals surface area (Å²) in [5, 5.41) is 1.30. The minimum Gasteiger partial charge on any atom is -0.256 e. The second-order valence-electron chi connectivity index (χ2n) is 4.59. The number of aryl methyl sites for hydroxylation is 1. The van der Waals surface area contributed by atoms with E-state index in [2.05, 4.69) is 50.0 Å². The van der Waals surface area contributed by atoms with Crippen molar-refractivity contribution in [2.24, 2.45) is 5.92 Å². The lowest BCUT2D eigenvalue weighted by Crippen LogP contribution is -1.96. The summed E-state index contributed by atoms with van der Waals surface area (Å²) in [4.78, 5) is 4.41. The highest BCUT2D eigenvalue weighted by molar-refractivity contribution is 5.82. The van der Waals surface area contributed by atoms with Gasteiger partial charge < -0.3 is 0 Å².